The maximum absolute atomic E-state index is 14.6. The third-order valence-electron chi connectivity index (χ3n) is 8.22. The van der Waals surface area contributed by atoms with Crippen molar-refractivity contribution in [2.75, 3.05) is 11.5 Å². The van der Waals surface area contributed by atoms with Gasteiger partial charge in [-0.15, -0.1) is 0 Å². The Kier molecular flexibility index (Phi) is 6.99. The average molecular weight is 491 g/mol. The molecule has 7 atom stereocenters. The maximum Gasteiger partial charge on any atom is 0.407 e. The number of esters is 1. The van der Waals surface area contributed by atoms with Crippen molar-refractivity contribution in [2.24, 2.45) is 29.6 Å². The molecule has 0 radical (unpaired) electrons. The van der Waals surface area contributed by atoms with Crippen molar-refractivity contribution in [3.8, 4) is 0 Å². The van der Waals surface area contributed by atoms with Gasteiger partial charge < -0.3 is 14.8 Å². The highest BCUT2D eigenvalue weighted by Crippen LogP contribution is 2.54. The Morgan fingerprint density at radius 3 is 2.25 bits per heavy atom. The lowest BCUT2D eigenvalue weighted by atomic mass is 9.56. The summed E-state index contributed by atoms with van der Waals surface area (Å²) in [7, 11) is 0. The van der Waals surface area contributed by atoms with Crippen LogP contribution in [0.1, 0.15) is 39.5 Å². The Bertz CT molecular complexity index is 1050. The smallest absolute Gasteiger partial charge is 0.407 e. The van der Waals surface area contributed by atoms with Gasteiger partial charge in [-0.1, -0.05) is 36.4 Å². The van der Waals surface area contributed by atoms with E-state index in [1.54, 1.807) is 6.92 Å². The molecule has 3 aliphatic rings. The van der Waals surface area contributed by atoms with Crippen molar-refractivity contribution in [1.82, 2.24) is 5.32 Å². The largest absolute Gasteiger partial charge is 0.462 e. The standard InChI is InChI=1S/C29H34N2O5/c1-3-35-29(34)30-20-14-15-23-19(16-20)17-24-25(18(2)36-28(24)33)26(23)27(32)31(21-10-6-4-7-11-21)22-12-8-5-9-13-22/h4-13,18-20,23-26H,3,14-17H2,1-2H3,(H,30,34)/t18-,19+,20-,23-,24-,25-,26+/m1/s1. The van der Waals surface area contributed by atoms with E-state index in [2.05, 4.69) is 5.32 Å². The van der Waals surface area contributed by atoms with E-state index in [-0.39, 0.29) is 53.6 Å². The van der Waals surface area contributed by atoms with Gasteiger partial charge in [-0.25, -0.2) is 4.79 Å². The second-order valence-electron chi connectivity index (χ2n) is 10.2. The number of para-hydroxylation sites is 2. The molecule has 1 N–H and O–H groups in total. The number of nitrogens with zero attached hydrogens (tertiary/aromatic N) is 1. The SMILES string of the molecule is CCOC(=O)N[C@@H]1CC[C@@H]2[C@@H](C1)C[C@H]1C(=O)O[C@H](C)[C@H]1[C@H]2C(=O)N(c1ccccc1)c1ccccc1. The molecule has 7 heteroatoms. The van der Waals surface area contributed by atoms with Crippen molar-refractivity contribution in [1.29, 1.82) is 0 Å². The summed E-state index contributed by atoms with van der Waals surface area (Å²) < 4.78 is 10.8. The fourth-order valence-electron chi connectivity index (χ4n) is 6.80. The van der Waals surface area contributed by atoms with E-state index < -0.39 is 6.09 Å². The fourth-order valence-corrected chi connectivity index (χ4v) is 6.80. The molecule has 7 nitrogen and oxygen atoms in total. The summed E-state index contributed by atoms with van der Waals surface area (Å²) >= 11 is 0. The van der Waals surface area contributed by atoms with E-state index in [1.165, 1.54) is 0 Å². The van der Waals surface area contributed by atoms with Crippen LogP contribution in [-0.2, 0) is 19.1 Å². The van der Waals surface area contributed by atoms with Crippen molar-refractivity contribution in [3.05, 3.63) is 60.7 Å². The van der Waals surface area contributed by atoms with Gasteiger partial charge in [-0.2, -0.15) is 0 Å². The monoisotopic (exact) mass is 490 g/mol. The number of ether oxygens (including phenoxy) is 2. The number of fused-ring (bicyclic) bond motifs is 2. The first kappa shape index (κ1) is 24.3. The number of carbonyl (C=O) groups is 3. The number of carbonyl (C=O) groups excluding carboxylic acids is 3. The van der Waals surface area contributed by atoms with Gasteiger partial charge in [0.25, 0.3) is 0 Å². The summed E-state index contributed by atoms with van der Waals surface area (Å²) in [5.41, 5.74) is 1.62. The van der Waals surface area contributed by atoms with Crippen LogP contribution in [0.2, 0.25) is 0 Å². The highest BCUT2D eigenvalue weighted by Gasteiger charge is 2.58. The molecule has 190 valence electrons. The summed E-state index contributed by atoms with van der Waals surface area (Å²) in [6.07, 6.45) is 2.30. The second-order valence-corrected chi connectivity index (χ2v) is 10.2. The number of benzene rings is 2. The predicted octanol–water partition coefficient (Wildman–Crippen LogP) is 5.08. The summed E-state index contributed by atoms with van der Waals surface area (Å²) in [5.74, 6) is -0.730. The molecule has 2 amide bonds. The highest BCUT2D eigenvalue weighted by molar-refractivity contribution is 6.02. The zero-order valence-corrected chi connectivity index (χ0v) is 20.8. The molecular weight excluding hydrogens is 456 g/mol. The van der Waals surface area contributed by atoms with E-state index in [0.29, 0.717) is 13.0 Å². The number of hydrogen-bond donors (Lipinski definition) is 1. The minimum atomic E-state index is -0.407. The first-order valence-corrected chi connectivity index (χ1v) is 13.1. The Morgan fingerprint density at radius 1 is 1.00 bits per heavy atom. The number of alkyl carbamates (subject to hydrolysis) is 1. The highest BCUT2D eigenvalue weighted by atomic mass is 16.6. The number of rotatable bonds is 5. The Balaban J connectivity index is 1.49. The normalized spacial score (nSPS) is 30.9. The molecule has 2 saturated carbocycles. The molecular formula is C29H34N2O5. The number of hydrogen-bond acceptors (Lipinski definition) is 5. The van der Waals surface area contributed by atoms with Gasteiger partial charge in [0.2, 0.25) is 5.91 Å². The van der Waals surface area contributed by atoms with Crippen molar-refractivity contribution in [2.45, 2.75) is 51.7 Å². The van der Waals surface area contributed by atoms with Crippen LogP contribution in [-0.4, -0.2) is 36.7 Å². The molecule has 2 aromatic carbocycles. The van der Waals surface area contributed by atoms with E-state index in [9.17, 15) is 14.4 Å². The lowest BCUT2D eigenvalue weighted by molar-refractivity contribution is -0.144. The number of cyclic esters (lactones) is 1. The molecule has 3 fully saturated rings. The van der Waals surface area contributed by atoms with E-state index in [0.717, 1.165) is 30.6 Å². The Labute approximate surface area is 212 Å². The lowest BCUT2D eigenvalue weighted by Crippen LogP contribution is -2.53. The maximum atomic E-state index is 14.6. The van der Waals surface area contributed by atoms with Gasteiger partial charge in [0.05, 0.1) is 12.5 Å². The molecule has 2 aromatic rings. The molecule has 0 unspecified atom stereocenters. The molecule has 2 aliphatic carbocycles. The van der Waals surface area contributed by atoms with Crippen LogP contribution in [0.25, 0.3) is 0 Å². The molecule has 1 aliphatic heterocycles. The first-order valence-electron chi connectivity index (χ1n) is 13.1. The summed E-state index contributed by atoms with van der Waals surface area (Å²) in [6.45, 7) is 4.03. The van der Waals surface area contributed by atoms with Crippen molar-refractivity contribution >= 4 is 29.3 Å². The molecule has 0 aromatic heterocycles. The lowest BCUT2D eigenvalue weighted by Gasteiger charge is -2.48. The van der Waals surface area contributed by atoms with Crippen LogP contribution >= 0.6 is 0 Å². The van der Waals surface area contributed by atoms with Crippen LogP contribution < -0.4 is 10.2 Å². The zero-order chi connectivity index (χ0) is 25.2. The van der Waals surface area contributed by atoms with Crippen LogP contribution in [0.4, 0.5) is 16.2 Å². The Hall–Kier alpha value is -3.35. The van der Waals surface area contributed by atoms with Gasteiger partial charge in [0.15, 0.2) is 0 Å². The van der Waals surface area contributed by atoms with E-state index >= 15 is 0 Å². The Morgan fingerprint density at radius 2 is 1.64 bits per heavy atom. The van der Waals surface area contributed by atoms with Gasteiger partial charge in [-0.05, 0) is 75.6 Å². The summed E-state index contributed by atoms with van der Waals surface area (Å²) in [4.78, 5) is 41.3. The minimum absolute atomic E-state index is 0.0130. The van der Waals surface area contributed by atoms with Gasteiger partial charge >= 0.3 is 12.1 Å². The molecule has 1 saturated heterocycles. The third kappa shape index (κ3) is 4.59. The first-order chi connectivity index (χ1) is 17.5. The topological polar surface area (TPSA) is 84.9 Å². The summed E-state index contributed by atoms with van der Waals surface area (Å²) in [5, 5.41) is 2.98. The minimum Gasteiger partial charge on any atom is -0.462 e. The van der Waals surface area contributed by atoms with Crippen LogP contribution in [0.3, 0.4) is 0 Å². The molecule has 0 spiro atoms. The van der Waals surface area contributed by atoms with Crippen molar-refractivity contribution in [3.63, 3.8) is 0 Å². The third-order valence-corrected chi connectivity index (χ3v) is 8.22. The molecule has 1 heterocycles. The number of nitrogens with one attached hydrogen (secondary N) is 1. The van der Waals surface area contributed by atoms with Crippen LogP contribution in [0.5, 0.6) is 0 Å². The second kappa shape index (κ2) is 10.3. The number of anilines is 2. The fraction of sp³-hybridized carbons (Fsp3) is 0.483. The number of amides is 2. The van der Waals surface area contributed by atoms with E-state index in [1.807, 2.05) is 72.5 Å². The predicted molar refractivity (Wildman–Crippen MR) is 135 cm³/mol. The van der Waals surface area contributed by atoms with Crippen LogP contribution in [0, 0.1) is 29.6 Å². The molecule has 36 heavy (non-hydrogen) atoms. The average Bonchev–Trinajstić information content (AvgIpc) is 3.16. The van der Waals surface area contributed by atoms with Crippen molar-refractivity contribution < 1.29 is 23.9 Å². The summed E-state index contributed by atoms with van der Waals surface area (Å²) in [6, 6.07) is 19.4. The van der Waals surface area contributed by atoms with Gasteiger partial charge in [0, 0.05) is 29.3 Å². The quantitative estimate of drug-likeness (QED) is 0.591. The van der Waals surface area contributed by atoms with E-state index in [4.69, 9.17) is 9.47 Å². The molecule has 5 rings (SSSR count). The van der Waals surface area contributed by atoms with Gasteiger partial charge in [0.1, 0.15) is 6.10 Å². The zero-order valence-electron chi connectivity index (χ0n) is 20.8. The van der Waals surface area contributed by atoms with Crippen LogP contribution in [0.15, 0.2) is 60.7 Å². The van der Waals surface area contributed by atoms with Gasteiger partial charge in [-0.3, -0.25) is 14.5 Å². The molecule has 0 bridgehead atoms.